The predicted molar refractivity (Wildman–Crippen MR) is 71.9 cm³/mol. The van der Waals surface area contributed by atoms with Crippen LogP contribution < -0.4 is 11.1 Å². The Morgan fingerprint density at radius 2 is 2.19 bits per heavy atom. The van der Waals surface area contributed by atoms with Gasteiger partial charge in [0, 0.05) is 23.9 Å². The number of ether oxygens (including phenoxy) is 1. The van der Waals surface area contributed by atoms with Gasteiger partial charge in [-0.2, -0.15) is 0 Å². The third kappa shape index (κ3) is 3.79. The molecule has 3 nitrogen and oxygen atoms in total. The number of anilines is 1. The Bertz CT molecular complexity index is 355. The lowest BCUT2D eigenvalue weighted by atomic mass is 10.1. The fraction of sp³-hybridized carbons (Fsp3) is 0.417. The molecule has 0 heterocycles. The quantitative estimate of drug-likeness (QED) is 0.746. The van der Waals surface area contributed by atoms with E-state index in [-0.39, 0.29) is 6.04 Å². The van der Waals surface area contributed by atoms with Crippen molar-refractivity contribution in [2.45, 2.75) is 19.9 Å². The minimum atomic E-state index is 0.232. The Hall–Kier alpha value is -1.13. The van der Waals surface area contributed by atoms with Crippen molar-refractivity contribution in [2.24, 2.45) is 5.73 Å². The van der Waals surface area contributed by atoms with Crippen LogP contribution in [0.15, 0.2) is 24.3 Å². The standard InChI is InChI=1S/C12H18N2OS/c1-3-15-8-9(2)14-11-7-5-4-6-10(11)12(13)16/h4-7,9,14H,3,8H2,1-2H3,(H2,13,16). The van der Waals surface area contributed by atoms with Gasteiger partial charge < -0.3 is 15.8 Å². The van der Waals surface area contributed by atoms with E-state index < -0.39 is 0 Å². The van der Waals surface area contributed by atoms with Crippen molar-refractivity contribution in [2.75, 3.05) is 18.5 Å². The summed E-state index contributed by atoms with van der Waals surface area (Å²) in [5.74, 6) is 0. The normalized spacial score (nSPS) is 12.1. The van der Waals surface area contributed by atoms with Crippen LogP contribution in [0.25, 0.3) is 0 Å². The molecule has 0 saturated carbocycles. The van der Waals surface area contributed by atoms with Crippen LogP contribution >= 0.6 is 12.2 Å². The minimum Gasteiger partial charge on any atom is -0.389 e. The maximum absolute atomic E-state index is 5.65. The smallest absolute Gasteiger partial charge is 0.106 e. The number of nitrogens with two attached hydrogens (primary N) is 1. The molecule has 1 aromatic rings. The first kappa shape index (κ1) is 12.9. The van der Waals surface area contributed by atoms with Crippen LogP contribution in [0.1, 0.15) is 19.4 Å². The summed E-state index contributed by atoms with van der Waals surface area (Å²) in [6, 6.07) is 8.00. The van der Waals surface area contributed by atoms with Crippen molar-refractivity contribution in [3.8, 4) is 0 Å². The van der Waals surface area contributed by atoms with Gasteiger partial charge in [0.25, 0.3) is 0 Å². The molecular weight excluding hydrogens is 220 g/mol. The van der Waals surface area contributed by atoms with Crippen LogP contribution in [-0.2, 0) is 4.74 Å². The first-order chi connectivity index (χ1) is 7.65. The number of benzene rings is 1. The molecule has 0 aliphatic carbocycles. The molecule has 3 N–H and O–H groups in total. The molecule has 0 bridgehead atoms. The average Bonchev–Trinajstić information content (AvgIpc) is 2.27. The number of hydrogen-bond acceptors (Lipinski definition) is 3. The van der Waals surface area contributed by atoms with Crippen LogP contribution in [0.2, 0.25) is 0 Å². The van der Waals surface area contributed by atoms with Gasteiger partial charge in [0.05, 0.1) is 6.61 Å². The van der Waals surface area contributed by atoms with Gasteiger partial charge in [0.1, 0.15) is 4.99 Å². The van der Waals surface area contributed by atoms with E-state index in [9.17, 15) is 0 Å². The molecule has 0 saturated heterocycles. The maximum atomic E-state index is 5.65. The number of thiocarbonyl (C=S) groups is 1. The lowest BCUT2D eigenvalue weighted by molar-refractivity contribution is 0.141. The molecule has 0 aliphatic rings. The van der Waals surface area contributed by atoms with Crippen LogP contribution in [0.3, 0.4) is 0 Å². The molecule has 4 heteroatoms. The van der Waals surface area contributed by atoms with E-state index in [1.807, 2.05) is 31.2 Å². The van der Waals surface area contributed by atoms with E-state index in [4.69, 9.17) is 22.7 Å². The summed E-state index contributed by atoms with van der Waals surface area (Å²) >= 11 is 5.00. The zero-order valence-electron chi connectivity index (χ0n) is 9.69. The third-order valence-electron chi connectivity index (χ3n) is 2.17. The molecule has 16 heavy (non-hydrogen) atoms. The fourth-order valence-electron chi connectivity index (χ4n) is 1.43. The first-order valence-corrected chi connectivity index (χ1v) is 5.79. The summed E-state index contributed by atoms with van der Waals surface area (Å²) in [6.07, 6.45) is 0. The number of rotatable bonds is 6. The Labute approximate surface area is 102 Å². The monoisotopic (exact) mass is 238 g/mol. The molecule has 0 aromatic heterocycles. The van der Waals surface area contributed by atoms with Gasteiger partial charge in [-0.05, 0) is 26.0 Å². The summed E-state index contributed by atoms with van der Waals surface area (Å²) in [6.45, 7) is 5.44. The predicted octanol–water partition coefficient (Wildman–Crippen LogP) is 2.16. The van der Waals surface area contributed by atoms with Crippen LogP contribution in [0.5, 0.6) is 0 Å². The molecule has 1 unspecified atom stereocenters. The average molecular weight is 238 g/mol. The highest BCUT2D eigenvalue weighted by Crippen LogP contribution is 2.15. The van der Waals surface area contributed by atoms with Crippen molar-refractivity contribution in [3.63, 3.8) is 0 Å². The molecule has 1 aromatic carbocycles. The van der Waals surface area contributed by atoms with Gasteiger partial charge in [-0.1, -0.05) is 24.4 Å². The Kier molecular flexibility index (Phi) is 5.22. The highest BCUT2D eigenvalue weighted by Gasteiger charge is 2.07. The lowest BCUT2D eigenvalue weighted by Gasteiger charge is -2.17. The zero-order valence-corrected chi connectivity index (χ0v) is 10.5. The van der Waals surface area contributed by atoms with E-state index in [0.717, 1.165) is 17.9 Å². The highest BCUT2D eigenvalue weighted by atomic mass is 32.1. The zero-order chi connectivity index (χ0) is 12.0. The highest BCUT2D eigenvalue weighted by molar-refractivity contribution is 7.80. The molecule has 0 fully saturated rings. The summed E-state index contributed by atoms with van der Waals surface area (Å²) in [4.78, 5) is 0.409. The largest absolute Gasteiger partial charge is 0.389 e. The number of hydrogen-bond donors (Lipinski definition) is 2. The van der Waals surface area contributed by atoms with Crippen LogP contribution in [0.4, 0.5) is 5.69 Å². The van der Waals surface area contributed by atoms with E-state index in [0.29, 0.717) is 11.6 Å². The number of para-hydroxylation sites is 1. The number of nitrogens with one attached hydrogen (secondary N) is 1. The minimum absolute atomic E-state index is 0.232. The molecule has 0 aliphatic heterocycles. The van der Waals surface area contributed by atoms with Gasteiger partial charge >= 0.3 is 0 Å². The fourth-order valence-corrected chi connectivity index (χ4v) is 1.60. The molecule has 0 amide bonds. The van der Waals surface area contributed by atoms with Crippen LogP contribution in [0, 0.1) is 0 Å². The molecular formula is C12H18N2OS. The molecule has 0 spiro atoms. The third-order valence-corrected chi connectivity index (χ3v) is 2.39. The van der Waals surface area contributed by atoms with E-state index in [1.165, 1.54) is 0 Å². The van der Waals surface area contributed by atoms with Crippen LogP contribution in [-0.4, -0.2) is 24.2 Å². The van der Waals surface area contributed by atoms with E-state index in [1.54, 1.807) is 0 Å². The molecule has 88 valence electrons. The van der Waals surface area contributed by atoms with Crippen molar-refractivity contribution in [3.05, 3.63) is 29.8 Å². The second-order valence-corrected chi connectivity index (χ2v) is 4.05. The lowest BCUT2D eigenvalue weighted by Crippen LogP contribution is -2.23. The first-order valence-electron chi connectivity index (χ1n) is 5.38. The van der Waals surface area contributed by atoms with E-state index >= 15 is 0 Å². The SMILES string of the molecule is CCOCC(C)Nc1ccccc1C(N)=S. The second-order valence-electron chi connectivity index (χ2n) is 3.61. The molecule has 1 rings (SSSR count). The Morgan fingerprint density at radius 3 is 2.81 bits per heavy atom. The van der Waals surface area contributed by atoms with Crippen molar-refractivity contribution in [1.29, 1.82) is 0 Å². The Balaban J connectivity index is 2.69. The second kappa shape index (κ2) is 6.45. The van der Waals surface area contributed by atoms with Gasteiger partial charge in [0.2, 0.25) is 0 Å². The summed E-state index contributed by atoms with van der Waals surface area (Å²) < 4.78 is 5.34. The van der Waals surface area contributed by atoms with Gasteiger partial charge in [0.15, 0.2) is 0 Å². The van der Waals surface area contributed by atoms with Crippen molar-refractivity contribution >= 4 is 22.9 Å². The van der Waals surface area contributed by atoms with Crippen molar-refractivity contribution in [1.82, 2.24) is 0 Å². The Morgan fingerprint density at radius 1 is 1.50 bits per heavy atom. The topological polar surface area (TPSA) is 47.3 Å². The van der Waals surface area contributed by atoms with Gasteiger partial charge in [-0.25, -0.2) is 0 Å². The maximum Gasteiger partial charge on any atom is 0.106 e. The summed E-state index contributed by atoms with van der Waals surface area (Å²) in [5, 5.41) is 3.33. The summed E-state index contributed by atoms with van der Waals surface area (Å²) in [5.41, 5.74) is 7.49. The molecule has 0 radical (unpaired) electrons. The summed E-state index contributed by atoms with van der Waals surface area (Å²) in [7, 11) is 0. The van der Waals surface area contributed by atoms with Gasteiger partial charge in [-0.15, -0.1) is 0 Å². The molecule has 1 atom stereocenters. The van der Waals surface area contributed by atoms with E-state index in [2.05, 4.69) is 12.2 Å². The van der Waals surface area contributed by atoms with Crippen molar-refractivity contribution < 1.29 is 4.74 Å². The van der Waals surface area contributed by atoms with Gasteiger partial charge in [-0.3, -0.25) is 0 Å².